The van der Waals surface area contributed by atoms with Crippen LogP contribution in [0.2, 0.25) is 0 Å². The van der Waals surface area contributed by atoms with E-state index in [0.29, 0.717) is 12.8 Å². The van der Waals surface area contributed by atoms with Gasteiger partial charge in [0.25, 0.3) is 0 Å². The van der Waals surface area contributed by atoms with E-state index in [2.05, 4.69) is 55.6 Å². The van der Waals surface area contributed by atoms with E-state index >= 15 is 0 Å². The van der Waals surface area contributed by atoms with E-state index in [4.69, 9.17) is 18.9 Å². The molecule has 2 fully saturated rings. The first-order valence-corrected chi connectivity index (χ1v) is 39.2. The first kappa shape index (κ1) is 86.3. The first-order chi connectivity index (χ1) is 45.1. The molecule has 2 heterocycles. The van der Waals surface area contributed by atoms with Crippen LogP contribution in [-0.2, 0) is 23.7 Å². The quantitative estimate of drug-likeness (QED) is 0.0204. The van der Waals surface area contributed by atoms with Crippen LogP contribution >= 0.6 is 0 Å². The largest absolute Gasteiger partial charge is 0.394 e. The van der Waals surface area contributed by atoms with Gasteiger partial charge in [0.2, 0.25) is 5.91 Å². The molecule has 0 bridgehead atoms. The molecule has 2 aliphatic rings. The van der Waals surface area contributed by atoms with Crippen molar-refractivity contribution in [3.8, 4) is 0 Å². The lowest BCUT2D eigenvalue weighted by Crippen LogP contribution is -2.65. The highest BCUT2D eigenvalue weighted by Crippen LogP contribution is 2.30. The van der Waals surface area contributed by atoms with E-state index in [-0.39, 0.29) is 12.5 Å². The first-order valence-electron chi connectivity index (χ1n) is 39.2. The fraction of sp³-hybridized carbons (Fsp3) is 0.910. The second-order valence-electron chi connectivity index (χ2n) is 27.8. The zero-order chi connectivity index (χ0) is 66.6. The zero-order valence-electron chi connectivity index (χ0n) is 59.3. The van der Waals surface area contributed by atoms with Gasteiger partial charge in [-0.1, -0.05) is 339 Å². The Hall–Kier alpha value is -1.79. The Balaban J connectivity index is 1.60. The summed E-state index contributed by atoms with van der Waals surface area (Å²) >= 11 is 0. The number of aliphatic hydroxyl groups is 8. The third-order valence-corrected chi connectivity index (χ3v) is 19.4. The molecule has 9 N–H and O–H groups in total. The summed E-state index contributed by atoms with van der Waals surface area (Å²) in [6.45, 7) is 2.91. The average molecular weight is 1310 g/mol. The standard InChI is InChI=1S/C78H147NO13/c1-3-5-7-9-11-13-15-17-19-21-23-25-27-28-29-30-31-32-33-34-35-36-37-38-40-42-44-46-48-50-52-54-56-58-60-62-70(83)79-66(65-89-77-75(88)73(86)76(69(64-81)91-77)92-78-74(87)72(85)71(84)68(63-80)90-78)67(82)61-59-57-55-53-51-49-47-45-43-41-39-26-24-22-20-18-16-14-12-10-8-6-4-2/h15,17,21,23,27-28,66-69,71-78,80-82,84-88H,3-14,16,18-20,22,24-26,29-65H2,1-2H3,(H,79,83)/b17-15-,23-21-,28-27-. The van der Waals surface area contributed by atoms with Crippen molar-refractivity contribution >= 4 is 5.91 Å². The normalized spacial score (nSPS) is 22.8. The van der Waals surface area contributed by atoms with Crippen LogP contribution in [0.4, 0.5) is 0 Å². The smallest absolute Gasteiger partial charge is 0.220 e. The van der Waals surface area contributed by atoms with Crippen LogP contribution in [0.1, 0.15) is 361 Å². The number of carbonyl (C=O) groups is 1. The maximum Gasteiger partial charge on any atom is 0.220 e. The summed E-state index contributed by atoms with van der Waals surface area (Å²) in [6, 6.07) is -0.829. The van der Waals surface area contributed by atoms with Gasteiger partial charge in [-0.15, -0.1) is 0 Å². The van der Waals surface area contributed by atoms with Crippen molar-refractivity contribution in [1.29, 1.82) is 0 Å². The predicted molar refractivity (Wildman–Crippen MR) is 378 cm³/mol. The summed E-state index contributed by atoms with van der Waals surface area (Å²) in [5.74, 6) is -0.199. The van der Waals surface area contributed by atoms with Gasteiger partial charge in [0.15, 0.2) is 12.6 Å². The molecule has 12 unspecified atom stereocenters. The Morgan fingerprint density at radius 2 is 0.717 bits per heavy atom. The molecule has 0 radical (unpaired) electrons. The van der Waals surface area contributed by atoms with E-state index in [1.807, 2.05) is 0 Å². The van der Waals surface area contributed by atoms with Gasteiger partial charge in [-0.05, 0) is 51.4 Å². The number of allylic oxidation sites excluding steroid dienone is 6. The van der Waals surface area contributed by atoms with Gasteiger partial charge < -0.3 is 65.1 Å². The van der Waals surface area contributed by atoms with Crippen LogP contribution in [-0.4, -0.2) is 140 Å². The van der Waals surface area contributed by atoms with E-state index < -0.39 is 86.8 Å². The van der Waals surface area contributed by atoms with Crippen molar-refractivity contribution in [2.45, 2.75) is 434 Å². The number of amides is 1. The van der Waals surface area contributed by atoms with Crippen molar-refractivity contribution in [2.75, 3.05) is 19.8 Å². The monoisotopic (exact) mass is 1310 g/mol. The van der Waals surface area contributed by atoms with Gasteiger partial charge in [0.05, 0.1) is 32.0 Å². The summed E-state index contributed by atoms with van der Waals surface area (Å²) in [5, 5.41) is 87.8. The Bertz CT molecular complexity index is 1680. The van der Waals surface area contributed by atoms with E-state index in [0.717, 1.165) is 64.2 Å². The van der Waals surface area contributed by atoms with Gasteiger partial charge in [-0.3, -0.25) is 4.79 Å². The third kappa shape index (κ3) is 45.7. The highest BCUT2D eigenvalue weighted by molar-refractivity contribution is 5.76. The van der Waals surface area contributed by atoms with Crippen LogP contribution in [0.25, 0.3) is 0 Å². The minimum atomic E-state index is -1.78. The summed E-state index contributed by atoms with van der Waals surface area (Å²) in [5.41, 5.74) is 0. The molecule has 0 spiro atoms. The lowest BCUT2D eigenvalue weighted by Gasteiger charge is -2.46. The minimum absolute atomic E-state index is 0.199. The molecule has 2 aliphatic heterocycles. The molecule has 2 saturated heterocycles. The molecular formula is C78H147NO13. The summed E-state index contributed by atoms with van der Waals surface area (Å²) in [6.07, 6.45) is 64.6. The molecule has 0 aromatic heterocycles. The second kappa shape index (κ2) is 62.7. The summed E-state index contributed by atoms with van der Waals surface area (Å²) in [7, 11) is 0. The van der Waals surface area contributed by atoms with Gasteiger partial charge in [-0.2, -0.15) is 0 Å². The third-order valence-electron chi connectivity index (χ3n) is 19.4. The number of carbonyl (C=O) groups excluding carboxylic acids is 1. The van der Waals surface area contributed by atoms with E-state index in [1.54, 1.807) is 0 Å². The number of unbranched alkanes of at least 4 members (excludes halogenated alkanes) is 47. The predicted octanol–water partition coefficient (Wildman–Crippen LogP) is 17.2. The molecule has 542 valence electrons. The number of aliphatic hydroxyl groups excluding tert-OH is 8. The molecule has 2 rings (SSSR count). The molecule has 12 atom stereocenters. The Morgan fingerprint density at radius 3 is 1.10 bits per heavy atom. The molecular weight excluding hydrogens is 1160 g/mol. The molecule has 0 saturated carbocycles. The van der Waals surface area contributed by atoms with Crippen LogP contribution in [0, 0.1) is 0 Å². The maximum atomic E-state index is 13.4. The molecule has 1 amide bonds. The Labute approximate surface area is 563 Å². The van der Waals surface area contributed by atoms with Crippen LogP contribution in [0.3, 0.4) is 0 Å². The van der Waals surface area contributed by atoms with Crippen molar-refractivity contribution in [1.82, 2.24) is 5.32 Å². The van der Waals surface area contributed by atoms with Crippen LogP contribution < -0.4 is 5.32 Å². The lowest BCUT2D eigenvalue weighted by atomic mass is 9.97. The Morgan fingerprint density at radius 1 is 0.391 bits per heavy atom. The molecule has 0 aromatic carbocycles. The minimum Gasteiger partial charge on any atom is -0.394 e. The second-order valence-corrected chi connectivity index (χ2v) is 27.8. The van der Waals surface area contributed by atoms with Crippen molar-refractivity contribution in [2.24, 2.45) is 0 Å². The number of hydrogen-bond donors (Lipinski definition) is 9. The van der Waals surface area contributed by atoms with Crippen molar-refractivity contribution < 1.29 is 64.6 Å². The van der Waals surface area contributed by atoms with Gasteiger partial charge >= 0.3 is 0 Å². The fourth-order valence-corrected chi connectivity index (χ4v) is 13.1. The Kier molecular flexibility index (Phi) is 58.8. The highest BCUT2D eigenvalue weighted by atomic mass is 16.7. The topological polar surface area (TPSA) is 228 Å². The summed E-state index contributed by atoms with van der Waals surface area (Å²) < 4.78 is 23.0. The van der Waals surface area contributed by atoms with Gasteiger partial charge in [0.1, 0.15) is 48.8 Å². The number of ether oxygens (including phenoxy) is 4. The van der Waals surface area contributed by atoms with Crippen LogP contribution in [0.5, 0.6) is 0 Å². The highest BCUT2D eigenvalue weighted by Gasteiger charge is 2.51. The van der Waals surface area contributed by atoms with Gasteiger partial charge in [-0.25, -0.2) is 0 Å². The zero-order valence-corrected chi connectivity index (χ0v) is 59.3. The number of rotatable bonds is 66. The lowest BCUT2D eigenvalue weighted by molar-refractivity contribution is -0.359. The van der Waals surface area contributed by atoms with Crippen molar-refractivity contribution in [3.63, 3.8) is 0 Å². The molecule has 0 aliphatic carbocycles. The molecule has 92 heavy (non-hydrogen) atoms. The summed E-state index contributed by atoms with van der Waals surface area (Å²) in [4.78, 5) is 13.4. The SMILES string of the molecule is CCCCCCC/C=C\C/C=C\C/C=C\CCCCCCCCCCCCCCCCCCCCCCC(=O)NC(COC1OC(CO)C(OC2OC(CO)C(O)C(O)C2O)C(O)C1O)C(O)CCCCCCCCCCCCCCCCCCCCCCCCC. The molecule has 14 heteroatoms. The average Bonchev–Trinajstić information content (AvgIpc) is 0.830. The van der Waals surface area contributed by atoms with Gasteiger partial charge in [0, 0.05) is 6.42 Å². The fourth-order valence-electron chi connectivity index (χ4n) is 13.1. The van der Waals surface area contributed by atoms with Crippen molar-refractivity contribution in [3.05, 3.63) is 36.5 Å². The maximum absolute atomic E-state index is 13.4. The molecule has 0 aromatic rings. The molecule has 14 nitrogen and oxygen atoms in total. The van der Waals surface area contributed by atoms with E-state index in [1.165, 1.54) is 270 Å². The van der Waals surface area contributed by atoms with E-state index in [9.17, 15) is 45.6 Å². The van der Waals surface area contributed by atoms with Crippen LogP contribution in [0.15, 0.2) is 36.5 Å². The number of hydrogen-bond acceptors (Lipinski definition) is 13. The number of nitrogens with one attached hydrogen (secondary N) is 1.